The van der Waals surface area contributed by atoms with Gasteiger partial charge >= 0.3 is 0 Å². The molecule has 0 aliphatic carbocycles. The second kappa shape index (κ2) is 11.0. The first-order valence-electron chi connectivity index (χ1n) is 11.0. The van der Waals surface area contributed by atoms with Gasteiger partial charge < -0.3 is 10.6 Å². The van der Waals surface area contributed by atoms with Crippen molar-refractivity contribution in [1.82, 2.24) is 14.8 Å². The summed E-state index contributed by atoms with van der Waals surface area (Å²) in [6, 6.07) is 22.9. The lowest BCUT2D eigenvalue weighted by Crippen LogP contribution is -2.23. The molecule has 0 saturated heterocycles. The van der Waals surface area contributed by atoms with Crippen LogP contribution in [-0.4, -0.2) is 31.8 Å². The van der Waals surface area contributed by atoms with Crippen LogP contribution in [-0.2, 0) is 16.1 Å². The highest BCUT2D eigenvalue weighted by molar-refractivity contribution is 8.00. The Morgan fingerprint density at radius 3 is 2.17 bits per heavy atom. The van der Waals surface area contributed by atoms with Crippen molar-refractivity contribution < 1.29 is 14.0 Å². The van der Waals surface area contributed by atoms with Crippen molar-refractivity contribution in [3.63, 3.8) is 0 Å². The van der Waals surface area contributed by atoms with Crippen molar-refractivity contribution in [1.29, 1.82) is 0 Å². The molecule has 0 aliphatic heterocycles. The number of nitrogens with one attached hydrogen (secondary N) is 2. The van der Waals surface area contributed by atoms with Crippen LogP contribution in [0.4, 0.5) is 15.8 Å². The predicted octanol–water partition coefficient (Wildman–Crippen LogP) is 5.21. The number of thioether (sulfide) groups is 1. The van der Waals surface area contributed by atoms with E-state index in [2.05, 4.69) is 20.8 Å². The summed E-state index contributed by atoms with van der Waals surface area (Å²) in [5.41, 5.74) is 3.06. The summed E-state index contributed by atoms with van der Waals surface area (Å²) in [4.78, 5) is 24.0. The van der Waals surface area contributed by atoms with Crippen molar-refractivity contribution in [2.24, 2.45) is 0 Å². The number of anilines is 2. The lowest BCUT2D eigenvalue weighted by atomic mass is 10.2. The van der Waals surface area contributed by atoms with Crippen molar-refractivity contribution >= 4 is 35.0 Å². The monoisotopic (exact) mass is 489 g/mol. The number of hydrogen-bond acceptors (Lipinski definition) is 5. The van der Waals surface area contributed by atoms with Gasteiger partial charge in [-0.15, -0.1) is 10.2 Å². The third-order valence-corrected chi connectivity index (χ3v) is 6.21. The summed E-state index contributed by atoms with van der Waals surface area (Å²) in [5, 5.41) is 14.4. The Balaban J connectivity index is 1.52. The standard InChI is InChI=1S/C26H24FN5O2S/c1-17(25(34)29-23-14-12-22(13-15-23)28-18(2)33)35-26-31-30-24(20-8-10-21(27)11-9-20)32(26)16-19-6-4-3-5-7-19/h3-15,17H,16H2,1-2H3,(H,28,33)(H,29,34). The first-order valence-corrected chi connectivity index (χ1v) is 11.9. The van der Waals surface area contributed by atoms with Gasteiger partial charge in [0.05, 0.1) is 11.8 Å². The van der Waals surface area contributed by atoms with E-state index in [9.17, 15) is 14.0 Å². The molecule has 4 aromatic rings. The maximum atomic E-state index is 13.5. The zero-order valence-electron chi connectivity index (χ0n) is 19.2. The number of aromatic nitrogens is 3. The zero-order valence-corrected chi connectivity index (χ0v) is 20.1. The van der Waals surface area contributed by atoms with Gasteiger partial charge in [-0.05, 0) is 61.0 Å². The van der Waals surface area contributed by atoms with E-state index in [4.69, 9.17) is 0 Å². The van der Waals surface area contributed by atoms with Crippen molar-refractivity contribution in [2.45, 2.75) is 30.8 Å². The first kappa shape index (κ1) is 24.2. The fourth-order valence-electron chi connectivity index (χ4n) is 3.39. The lowest BCUT2D eigenvalue weighted by Gasteiger charge is -2.14. The van der Waals surface area contributed by atoms with Gasteiger partial charge in [0.2, 0.25) is 11.8 Å². The van der Waals surface area contributed by atoms with E-state index in [1.165, 1.54) is 30.8 Å². The molecular formula is C26H24FN5O2S. The van der Waals surface area contributed by atoms with Gasteiger partial charge in [-0.25, -0.2) is 4.39 Å². The second-order valence-electron chi connectivity index (χ2n) is 7.89. The minimum absolute atomic E-state index is 0.161. The summed E-state index contributed by atoms with van der Waals surface area (Å²) in [5.74, 6) is -0.0864. The van der Waals surface area contributed by atoms with Crippen molar-refractivity contribution in [3.05, 3.63) is 90.2 Å². The van der Waals surface area contributed by atoms with E-state index in [0.717, 1.165) is 11.1 Å². The Morgan fingerprint density at radius 1 is 0.914 bits per heavy atom. The molecule has 178 valence electrons. The van der Waals surface area contributed by atoms with Gasteiger partial charge in [-0.1, -0.05) is 42.1 Å². The smallest absolute Gasteiger partial charge is 0.237 e. The molecule has 0 fully saturated rings. The van der Waals surface area contributed by atoms with Crippen LogP contribution in [0.1, 0.15) is 19.4 Å². The van der Waals surface area contributed by atoms with Gasteiger partial charge in [0, 0.05) is 23.9 Å². The van der Waals surface area contributed by atoms with Gasteiger partial charge in [0.15, 0.2) is 11.0 Å². The molecule has 3 aromatic carbocycles. The Labute approximate surface area is 206 Å². The zero-order chi connectivity index (χ0) is 24.8. The molecule has 0 bridgehead atoms. The molecule has 1 unspecified atom stereocenters. The van der Waals surface area contributed by atoms with Gasteiger partial charge in [-0.3, -0.25) is 14.2 Å². The number of amides is 2. The molecule has 0 saturated carbocycles. The fraction of sp³-hybridized carbons (Fsp3) is 0.154. The predicted molar refractivity (Wildman–Crippen MR) is 136 cm³/mol. The fourth-order valence-corrected chi connectivity index (χ4v) is 4.24. The SMILES string of the molecule is CC(=O)Nc1ccc(NC(=O)C(C)Sc2nnc(-c3ccc(F)cc3)n2Cc2ccccc2)cc1. The Morgan fingerprint density at radius 2 is 1.54 bits per heavy atom. The average molecular weight is 490 g/mol. The van der Waals surface area contributed by atoms with Crippen LogP contribution < -0.4 is 10.6 Å². The van der Waals surface area contributed by atoms with Crippen molar-refractivity contribution in [2.75, 3.05) is 10.6 Å². The molecule has 0 aliphatic rings. The Kier molecular flexibility index (Phi) is 7.57. The van der Waals surface area contributed by atoms with E-state index < -0.39 is 5.25 Å². The summed E-state index contributed by atoms with van der Waals surface area (Å²) in [6.45, 7) is 3.74. The molecule has 1 atom stereocenters. The number of halogens is 1. The van der Waals surface area contributed by atoms with Crippen LogP contribution in [0.3, 0.4) is 0 Å². The average Bonchev–Trinajstić information content (AvgIpc) is 3.23. The maximum Gasteiger partial charge on any atom is 0.237 e. The van der Waals surface area contributed by atoms with Crippen LogP contribution in [0.15, 0.2) is 84.0 Å². The normalized spacial score (nSPS) is 11.6. The molecule has 1 heterocycles. The van der Waals surface area contributed by atoms with E-state index in [0.29, 0.717) is 28.9 Å². The highest BCUT2D eigenvalue weighted by atomic mass is 32.2. The van der Waals surface area contributed by atoms with Gasteiger partial charge in [-0.2, -0.15) is 0 Å². The summed E-state index contributed by atoms with van der Waals surface area (Å²) in [7, 11) is 0. The van der Waals surface area contributed by atoms with Crippen molar-refractivity contribution in [3.8, 4) is 11.4 Å². The molecule has 1 aromatic heterocycles. The van der Waals surface area contributed by atoms with E-state index in [1.807, 2.05) is 34.9 Å². The molecule has 0 spiro atoms. The third-order valence-electron chi connectivity index (χ3n) is 5.13. The van der Waals surface area contributed by atoms with Crippen LogP contribution in [0.2, 0.25) is 0 Å². The third kappa shape index (κ3) is 6.33. The number of benzene rings is 3. The summed E-state index contributed by atoms with van der Waals surface area (Å²) >= 11 is 1.29. The number of carbonyl (C=O) groups is 2. The van der Waals surface area contributed by atoms with Crippen LogP contribution in [0.25, 0.3) is 11.4 Å². The quantitative estimate of drug-likeness (QED) is 0.332. The first-order chi connectivity index (χ1) is 16.9. The second-order valence-corrected chi connectivity index (χ2v) is 9.20. The molecule has 35 heavy (non-hydrogen) atoms. The minimum atomic E-state index is -0.468. The topological polar surface area (TPSA) is 88.9 Å². The number of hydrogen-bond donors (Lipinski definition) is 2. The number of rotatable bonds is 8. The Bertz CT molecular complexity index is 1310. The van der Waals surface area contributed by atoms with E-state index >= 15 is 0 Å². The molecule has 2 N–H and O–H groups in total. The van der Waals surface area contributed by atoms with Gasteiger partial charge in [0.1, 0.15) is 5.82 Å². The molecule has 2 amide bonds. The van der Waals surface area contributed by atoms with E-state index in [1.54, 1.807) is 43.3 Å². The van der Waals surface area contributed by atoms with Crippen LogP contribution in [0.5, 0.6) is 0 Å². The molecule has 9 heteroatoms. The largest absolute Gasteiger partial charge is 0.326 e. The molecule has 7 nitrogen and oxygen atoms in total. The van der Waals surface area contributed by atoms with Crippen LogP contribution >= 0.6 is 11.8 Å². The highest BCUT2D eigenvalue weighted by Gasteiger charge is 2.21. The van der Waals surface area contributed by atoms with Gasteiger partial charge in [0.25, 0.3) is 0 Å². The minimum Gasteiger partial charge on any atom is -0.326 e. The Hall–Kier alpha value is -3.98. The van der Waals surface area contributed by atoms with Crippen LogP contribution in [0, 0.1) is 5.82 Å². The molecule has 4 rings (SSSR count). The molecule has 0 radical (unpaired) electrons. The van der Waals surface area contributed by atoms with E-state index in [-0.39, 0.29) is 17.6 Å². The molecular weight excluding hydrogens is 465 g/mol. The lowest BCUT2D eigenvalue weighted by molar-refractivity contribution is -0.115. The number of carbonyl (C=O) groups excluding carboxylic acids is 2. The highest BCUT2D eigenvalue weighted by Crippen LogP contribution is 2.28. The number of nitrogens with zero attached hydrogens (tertiary/aromatic N) is 3. The summed E-state index contributed by atoms with van der Waals surface area (Å²) in [6.07, 6.45) is 0. The summed E-state index contributed by atoms with van der Waals surface area (Å²) < 4.78 is 15.4. The maximum absolute atomic E-state index is 13.5.